The molecule has 0 unspecified atom stereocenters. The van der Waals surface area contributed by atoms with Crippen LogP contribution in [-0.4, -0.2) is 12.6 Å². The first-order valence-corrected chi connectivity index (χ1v) is 6.66. The molecule has 1 aromatic rings. The van der Waals surface area contributed by atoms with E-state index in [0.717, 1.165) is 23.3 Å². The molecular formula is C14H16O2S. The molecule has 1 saturated heterocycles. The number of carbonyl (C=O) groups excluding carboxylic acids is 1. The van der Waals surface area contributed by atoms with Crippen LogP contribution >= 0.6 is 11.8 Å². The second-order valence-corrected chi connectivity index (χ2v) is 5.22. The van der Waals surface area contributed by atoms with Crippen molar-refractivity contribution in [1.29, 1.82) is 0 Å². The summed E-state index contributed by atoms with van der Waals surface area (Å²) in [6.45, 7) is 4.68. The highest BCUT2D eigenvalue weighted by atomic mass is 32.2. The quantitative estimate of drug-likeness (QED) is 0.463. The van der Waals surface area contributed by atoms with Crippen molar-refractivity contribution in [3.05, 3.63) is 40.3 Å². The first kappa shape index (κ1) is 12.2. The lowest BCUT2D eigenvalue weighted by molar-refractivity contribution is -0.135. The molecule has 0 amide bonds. The van der Waals surface area contributed by atoms with E-state index in [0.29, 0.717) is 6.61 Å². The van der Waals surface area contributed by atoms with Crippen LogP contribution in [0.25, 0.3) is 0 Å². The maximum atomic E-state index is 11.5. The molecule has 3 heteroatoms. The van der Waals surface area contributed by atoms with E-state index in [1.54, 1.807) is 11.8 Å². The van der Waals surface area contributed by atoms with E-state index < -0.39 is 0 Å². The van der Waals surface area contributed by atoms with Gasteiger partial charge < -0.3 is 4.74 Å². The molecule has 0 radical (unpaired) electrons. The average molecular weight is 248 g/mol. The molecule has 90 valence electrons. The molecule has 0 bridgehead atoms. The third-order valence-corrected chi connectivity index (χ3v) is 4.04. The summed E-state index contributed by atoms with van der Waals surface area (Å²) in [5.41, 5.74) is 2.11. The summed E-state index contributed by atoms with van der Waals surface area (Å²) < 4.78 is 4.99. The van der Waals surface area contributed by atoms with Gasteiger partial charge >= 0.3 is 5.97 Å². The number of esters is 1. The van der Waals surface area contributed by atoms with Gasteiger partial charge in [-0.3, -0.25) is 0 Å². The van der Waals surface area contributed by atoms with Gasteiger partial charge in [-0.1, -0.05) is 36.4 Å². The lowest BCUT2D eigenvalue weighted by Gasteiger charge is -2.07. The number of carbonyl (C=O) groups is 1. The van der Waals surface area contributed by atoms with E-state index in [2.05, 4.69) is 38.1 Å². The Labute approximate surface area is 106 Å². The molecule has 2 rings (SSSR count). The van der Waals surface area contributed by atoms with Crippen LogP contribution in [0.1, 0.15) is 25.3 Å². The van der Waals surface area contributed by atoms with Crippen LogP contribution in [-0.2, 0) is 9.53 Å². The summed E-state index contributed by atoms with van der Waals surface area (Å²) in [6.07, 6.45) is 1.63. The zero-order valence-corrected chi connectivity index (χ0v) is 11.0. The van der Waals surface area contributed by atoms with E-state index in [1.807, 2.05) is 0 Å². The predicted molar refractivity (Wildman–Crippen MR) is 69.9 cm³/mol. The molecule has 0 spiro atoms. The van der Waals surface area contributed by atoms with Gasteiger partial charge in [-0.2, -0.15) is 0 Å². The molecule has 0 atom stereocenters. The summed E-state index contributed by atoms with van der Waals surface area (Å²) in [5, 5.41) is 0. The molecule has 1 fully saturated rings. The largest absolute Gasteiger partial charge is 0.462 e. The summed E-state index contributed by atoms with van der Waals surface area (Å²) in [5.74, 6) is -0.138. The molecule has 1 aliphatic rings. The molecule has 1 aromatic carbocycles. The third-order valence-electron chi connectivity index (χ3n) is 2.75. The van der Waals surface area contributed by atoms with Crippen LogP contribution in [0.4, 0.5) is 0 Å². The van der Waals surface area contributed by atoms with Gasteiger partial charge in [-0.25, -0.2) is 4.79 Å². The number of benzene rings is 1. The number of hydrogen-bond acceptors (Lipinski definition) is 3. The Hall–Kier alpha value is -1.22. The van der Waals surface area contributed by atoms with E-state index >= 15 is 0 Å². The highest BCUT2D eigenvalue weighted by Gasteiger charge is 2.22. The van der Waals surface area contributed by atoms with Crippen LogP contribution in [0.15, 0.2) is 39.6 Å². The van der Waals surface area contributed by atoms with E-state index in [1.165, 1.54) is 10.5 Å². The third kappa shape index (κ3) is 2.91. The van der Waals surface area contributed by atoms with Crippen molar-refractivity contribution in [3.8, 4) is 0 Å². The van der Waals surface area contributed by atoms with Crippen molar-refractivity contribution in [2.75, 3.05) is 6.61 Å². The zero-order chi connectivity index (χ0) is 12.3. The molecule has 0 saturated carbocycles. The fraction of sp³-hybridized carbons (Fsp3) is 0.357. The van der Waals surface area contributed by atoms with Crippen LogP contribution in [0.2, 0.25) is 0 Å². The standard InChI is InChI=1S/C14H16O2S/c1-3-13(12-8-9-16-14(12)15)17-11-6-4-10(2)5-7-11/h4-7H,3,8-9H2,1-2H3/b13-12-. The van der Waals surface area contributed by atoms with Crippen molar-refractivity contribution < 1.29 is 9.53 Å². The average Bonchev–Trinajstić information content (AvgIpc) is 2.75. The Morgan fingerprint density at radius 3 is 2.59 bits per heavy atom. The first-order valence-electron chi connectivity index (χ1n) is 5.84. The second kappa shape index (κ2) is 5.41. The predicted octanol–water partition coefficient (Wildman–Crippen LogP) is 3.70. The lowest BCUT2D eigenvalue weighted by atomic mass is 10.2. The number of hydrogen-bond donors (Lipinski definition) is 0. The molecule has 0 aliphatic carbocycles. The van der Waals surface area contributed by atoms with E-state index in [4.69, 9.17) is 4.74 Å². The van der Waals surface area contributed by atoms with Crippen molar-refractivity contribution in [2.24, 2.45) is 0 Å². The number of cyclic esters (lactones) is 1. The van der Waals surface area contributed by atoms with Crippen molar-refractivity contribution in [1.82, 2.24) is 0 Å². The number of aryl methyl sites for hydroxylation is 1. The van der Waals surface area contributed by atoms with Crippen LogP contribution in [0.3, 0.4) is 0 Å². The van der Waals surface area contributed by atoms with Crippen LogP contribution < -0.4 is 0 Å². The highest BCUT2D eigenvalue weighted by molar-refractivity contribution is 8.03. The van der Waals surface area contributed by atoms with Gasteiger partial charge in [0.2, 0.25) is 0 Å². The first-order chi connectivity index (χ1) is 8.20. The SMILES string of the molecule is CC/C(Sc1ccc(C)cc1)=C1\CCOC1=O. The molecule has 2 nitrogen and oxygen atoms in total. The van der Waals surface area contributed by atoms with Gasteiger partial charge in [-0.05, 0) is 25.5 Å². The Morgan fingerprint density at radius 1 is 1.35 bits per heavy atom. The Bertz CT molecular complexity index is 446. The Balaban J connectivity index is 2.20. The lowest BCUT2D eigenvalue weighted by Crippen LogP contribution is -1.97. The van der Waals surface area contributed by atoms with Crippen molar-refractivity contribution in [3.63, 3.8) is 0 Å². The number of allylic oxidation sites excluding steroid dienone is 1. The molecule has 17 heavy (non-hydrogen) atoms. The molecule has 0 N–H and O–H groups in total. The fourth-order valence-electron chi connectivity index (χ4n) is 1.78. The van der Waals surface area contributed by atoms with Crippen LogP contribution in [0, 0.1) is 6.92 Å². The topological polar surface area (TPSA) is 26.3 Å². The number of thioether (sulfide) groups is 1. The molecule has 1 aliphatic heterocycles. The van der Waals surface area contributed by atoms with Gasteiger partial charge in [0.25, 0.3) is 0 Å². The summed E-state index contributed by atoms with van der Waals surface area (Å²) in [7, 11) is 0. The number of ether oxygens (including phenoxy) is 1. The van der Waals surface area contributed by atoms with Gasteiger partial charge in [0.15, 0.2) is 0 Å². The smallest absolute Gasteiger partial charge is 0.334 e. The van der Waals surface area contributed by atoms with Crippen LogP contribution in [0.5, 0.6) is 0 Å². The maximum Gasteiger partial charge on any atom is 0.334 e. The van der Waals surface area contributed by atoms with Gasteiger partial charge in [-0.15, -0.1) is 0 Å². The summed E-state index contributed by atoms with van der Waals surface area (Å²) in [6, 6.07) is 8.37. The second-order valence-electron chi connectivity index (χ2n) is 4.06. The summed E-state index contributed by atoms with van der Waals surface area (Å²) in [4.78, 5) is 13.8. The van der Waals surface area contributed by atoms with Gasteiger partial charge in [0, 0.05) is 16.2 Å². The van der Waals surface area contributed by atoms with Crippen molar-refractivity contribution in [2.45, 2.75) is 31.6 Å². The maximum absolute atomic E-state index is 11.5. The minimum atomic E-state index is -0.138. The van der Waals surface area contributed by atoms with Gasteiger partial charge in [0.1, 0.15) is 0 Å². The van der Waals surface area contributed by atoms with E-state index in [-0.39, 0.29) is 5.97 Å². The number of rotatable bonds is 3. The van der Waals surface area contributed by atoms with Gasteiger partial charge in [0.05, 0.1) is 12.2 Å². The Morgan fingerprint density at radius 2 is 2.06 bits per heavy atom. The monoisotopic (exact) mass is 248 g/mol. The zero-order valence-electron chi connectivity index (χ0n) is 10.2. The molecule has 1 heterocycles. The van der Waals surface area contributed by atoms with Crippen molar-refractivity contribution >= 4 is 17.7 Å². The summed E-state index contributed by atoms with van der Waals surface area (Å²) >= 11 is 1.68. The fourth-order valence-corrected chi connectivity index (χ4v) is 2.79. The molecule has 0 aromatic heterocycles. The molecular weight excluding hydrogens is 232 g/mol. The minimum absolute atomic E-state index is 0.138. The Kier molecular flexibility index (Phi) is 3.89. The highest BCUT2D eigenvalue weighted by Crippen LogP contribution is 2.34. The van der Waals surface area contributed by atoms with E-state index in [9.17, 15) is 4.79 Å². The minimum Gasteiger partial charge on any atom is -0.462 e. The normalized spacial score (nSPS) is 18.1.